The molecule has 0 radical (unpaired) electrons. The largest absolute Gasteiger partial charge is 0.481 e. The van der Waals surface area contributed by atoms with Gasteiger partial charge in [0.05, 0.1) is 5.16 Å². The second kappa shape index (κ2) is 7.34. The standard InChI is InChI=1S/C10H17O5P/c1-2-5-10(16-15,6-3-8(11)12)7-4-9(13)14/h2-7H2,1H3,(H,11,12)(H,13,14). The molecule has 0 saturated carbocycles. The molecule has 0 amide bonds. The molecule has 0 aliphatic heterocycles. The first kappa shape index (κ1) is 15.0. The van der Waals surface area contributed by atoms with E-state index in [0.717, 1.165) is 6.42 Å². The first-order valence-corrected chi connectivity index (χ1v) is 6.05. The highest BCUT2D eigenvalue weighted by atomic mass is 31.1. The Labute approximate surface area is 96.1 Å². The van der Waals surface area contributed by atoms with Crippen molar-refractivity contribution in [1.82, 2.24) is 0 Å². The van der Waals surface area contributed by atoms with Gasteiger partial charge < -0.3 is 10.2 Å². The molecule has 0 aliphatic carbocycles. The Hall–Kier alpha value is -0.960. The topological polar surface area (TPSA) is 91.7 Å². The third-order valence-corrected chi connectivity index (χ3v) is 3.58. The number of hydrogen-bond acceptors (Lipinski definition) is 3. The first-order chi connectivity index (χ1) is 7.45. The van der Waals surface area contributed by atoms with Crippen LogP contribution >= 0.6 is 8.46 Å². The summed E-state index contributed by atoms with van der Waals surface area (Å²) < 4.78 is 11.2. The number of rotatable bonds is 9. The zero-order valence-electron chi connectivity index (χ0n) is 9.31. The maximum Gasteiger partial charge on any atom is 0.303 e. The summed E-state index contributed by atoms with van der Waals surface area (Å²) in [6.07, 6.45) is 1.71. The van der Waals surface area contributed by atoms with E-state index in [9.17, 15) is 14.2 Å². The average molecular weight is 248 g/mol. The maximum absolute atomic E-state index is 11.2. The molecule has 0 aliphatic rings. The molecule has 0 rings (SSSR count). The van der Waals surface area contributed by atoms with Crippen LogP contribution in [0.3, 0.4) is 0 Å². The summed E-state index contributed by atoms with van der Waals surface area (Å²) in [5.74, 6) is -1.89. The normalized spacial score (nSPS) is 11.6. The van der Waals surface area contributed by atoms with Crippen LogP contribution in [0.5, 0.6) is 0 Å². The van der Waals surface area contributed by atoms with Gasteiger partial charge in [-0.15, -0.1) is 0 Å². The minimum Gasteiger partial charge on any atom is -0.481 e. The summed E-state index contributed by atoms with van der Waals surface area (Å²) in [5.41, 5.74) is 0. The van der Waals surface area contributed by atoms with Crippen molar-refractivity contribution >= 4 is 20.4 Å². The van der Waals surface area contributed by atoms with E-state index in [2.05, 4.69) is 0 Å². The number of aliphatic carboxylic acids is 2. The molecule has 0 atom stereocenters. The first-order valence-electron chi connectivity index (χ1n) is 5.24. The Balaban J connectivity index is 4.49. The van der Waals surface area contributed by atoms with Gasteiger partial charge in [0.15, 0.2) is 8.46 Å². The molecule has 0 heterocycles. The van der Waals surface area contributed by atoms with Crippen LogP contribution in [0.15, 0.2) is 0 Å². The van der Waals surface area contributed by atoms with Gasteiger partial charge in [0.2, 0.25) is 0 Å². The molecule has 0 aromatic heterocycles. The van der Waals surface area contributed by atoms with Crippen molar-refractivity contribution in [2.45, 2.75) is 50.6 Å². The summed E-state index contributed by atoms with van der Waals surface area (Å²) in [6.45, 7) is 1.90. The fourth-order valence-corrected chi connectivity index (χ4v) is 2.38. The Morgan fingerprint density at radius 3 is 1.75 bits per heavy atom. The summed E-state index contributed by atoms with van der Waals surface area (Å²) in [7, 11) is -0.151. The Morgan fingerprint density at radius 1 is 1.06 bits per heavy atom. The highest BCUT2D eigenvalue weighted by Gasteiger charge is 2.31. The molecule has 0 aromatic rings. The second-order valence-electron chi connectivity index (χ2n) is 3.85. The predicted octanol–water partition coefficient (Wildman–Crippen LogP) is 2.55. The lowest BCUT2D eigenvalue weighted by Crippen LogP contribution is -2.24. The molecule has 5 nitrogen and oxygen atoms in total. The van der Waals surface area contributed by atoms with E-state index < -0.39 is 17.1 Å². The van der Waals surface area contributed by atoms with Gasteiger partial charge in [0.1, 0.15) is 0 Å². The highest BCUT2D eigenvalue weighted by molar-refractivity contribution is 7.26. The highest BCUT2D eigenvalue weighted by Crippen LogP contribution is 2.38. The van der Waals surface area contributed by atoms with E-state index in [1.54, 1.807) is 0 Å². The molecule has 92 valence electrons. The van der Waals surface area contributed by atoms with Gasteiger partial charge >= 0.3 is 11.9 Å². The predicted molar refractivity (Wildman–Crippen MR) is 59.0 cm³/mol. The molecule has 16 heavy (non-hydrogen) atoms. The molecule has 6 heteroatoms. The quantitative estimate of drug-likeness (QED) is 0.612. The lowest BCUT2D eigenvalue weighted by molar-refractivity contribution is -0.137. The van der Waals surface area contributed by atoms with Crippen molar-refractivity contribution in [3.63, 3.8) is 0 Å². The number of hydrogen-bond donors (Lipinski definition) is 2. The van der Waals surface area contributed by atoms with Crippen molar-refractivity contribution in [2.75, 3.05) is 0 Å². The van der Waals surface area contributed by atoms with Gasteiger partial charge in [-0.05, 0) is 19.3 Å². The van der Waals surface area contributed by atoms with Gasteiger partial charge in [-0.2, -0.15) is 0 Å². The van der Waals surface area contributed by atoms with E-state index in [1.165, 1.54) is 0 Å². The third kappa shape index (κ3) is 5.81. The fraction of sp³-hybridized carbons (Fsp3) is 0.800. The molecule has 0 fully saturated rings. The summed E-state index contributed by atoms with van der Waals surface area (Å²) in [6, 6.07) is 0. The van der Waals surface area contributed by atoms with Crippen LogP contribution in [-0.4, -0.2) is 27.3 Å². The molecule has 0 bridgehead atoms. The van der Waals surface area contributed by atoms with Gasteiger partial charge in [0.25, 0.3) is 0 Å². The van der Waals surface area contributed by atoms with Crippen LogP contribution in [0.1, 0.15) is 45.4 Å². The summed E-state index contributed by atoms with van der Waals surface area (Å²) >= 11 is 0. The Morgan fingerprint density at radius 2 is 1.50 bits per heavy atom. The molecule has 0 spiro atoms. The van der Waals surface area contributed by atoms with E-state index in [1.807, 2.05) is 6.92 Å². The van der Waals surface area contributed by atoms with Crippen LogP contribution in [0.25, 0.3) is 0 Å². The van der Waals surface area contributed by atoms with E-state index in [0.29, 0.717) is 6.42 Å². The minimum atomic E-state index is -0.945. The van der Waals surface area contributed by atoms with E-state index >= 15 is 0 Å². The van der Waals surface area contributed by atoms with Gasteiger partial charge in [-0.3, -0.25) is 14.2 Å². The molecular weight excluding hydrogens is 231 g/mol. The van der Waals surface area contributed by atoms with Crippen molar-refractivity contribution in [1.29, 1.82) is 0 Å². The minimum absolute atomic E-state index is 0.0745. The van der Waals surface area contributed by atoms with Crippen molar-refractivity contribution < 1.29 is 24.4 Å². The Kier molecular flexibility index (Phi) is 6.90. The zero-order chi connectivity index (χ0) is 12.6. The molecule has 0 aromatic carbocycles. The monoisotopic (exact) mass is 248 g/mol. The number of carboxylic acids is 2. The van der Waals surface area contributed by atoms with Crippen LogP contribution in [0.4, 0.5) is 0 Å². The summed E-state index contributed by atoms with van der Waals surface area (Å²) in [4.78, 5) is 21.0. The molecule has 2 N–H and O–H groups in total. The van der Waals surface area contributed by atoms with Crippen LogP contribution in [0.2, 0.25) is 0 Å². The van der Waals surface area contributed by atoms with Crippen LogP contribution in [-0.2, 0) is 14.2 Å². The van der Waals surface area contributed by atoms with Crippen molar-refractivity contribution in [2.24, 2.45) is 0 Å². The van der Waals surface area contributed by atoms with Gasteiger partial charge in [-0.25, -0.2) is 0 Å². The lowest BCUT2D eigenvalue weighted by Gasteiger charge is -2.25. The average Bonchev–Trinajstić information content (AvgIpc) is 2.22. The maximum atomic E-state index is 11.2. The number of carbonyl (C=O) groups is 2. The third-order valence-electron chi connectivity index (χ3n) is 2.52. The molecule has 0 unspecified atom stereocenters. The van der Waals surface area contributed by atoms with E-state index in [-0.39, 0.29) is 34.1 Å². The van der Waals surface area contributed by atoms with Crippen LogP contribution < -0.4 is 0 Å². The summed E-state index contributed by atoms with van der Waals surface area (Å²) in [5, 5.41) is 16.5. The van der Waals surface area contributed by atoms with Gasteiger partial charge in [0, 0.05) is 12.8 Å². The second-order valence-corrected chi connectivity index (χ2v) is 4.98. The molecular formula is C10H17O5P. The number of carboxylic acid groups (broad SMARTS) is 2. The SMILES string of the molecule is CCCC(CCC(=O)O)(CCC(=O)O)P=O. The van der Waals surface area contributed by atoms with E-state index in [4.69, 9.17) is 10.2 Å². The lowest BCUT2D eigenvalue weighted by atomic mass is 9.91. The van der Waals surface area contributed by atoms with Crippen molar-refractivity contribution in [3.05, 3.63) is 0 Å². The fourth-order valence-electron chi connectivity index (χ4n) is 1.66. The Bertz CT molecular complexity index is 246. The van der Waals surface area contributed by atoms with Crippen LogP contribution in [0, 0.1) is 0 Å². The zero-order valence-corrected chi connectivity index (χ0v) is 10.2. The van der Waals surface area contributed by atoms with Gasteiger partial charge in [-0.1, -0.05) is 13.3 Å². The molecule has 0 saturated heterocycles. The smallest absolute Gasteiger partial charge is 0.303 e. The van der Waals surface area contributed by atoms with Crippen molar-refractivity contribution in [3.8, 4) is 0 Å².